The van der Waals surface area contributed by atoms with Crippen molar-refractivity contribution in [3.05, 3.63) is 27.3 Å². The number of halogens is 1. The highest BCUT2D eigenvalue weighted by Crippen LogP contribution is 2.42. The molecule has 0 fully saturated rings. The van der Waals surface area contributed by atoms with Gasteiger partial charge in [0.2, 0.25) is 0 Å². The summed E-state index contributed by atoms with van der Waals surface area (Å²) in [6.45, 7) is 2.37. The van der Waals surface area contributed by atoms with Gasteiger partial charge in [-0.25, -0.2) is 0 Å². The van der Waals surface area contributed by atoms with Gasteiger partial charge in [0.05, 0.1) is 11.1 Å². The van der Waals surface area contributed by atoms with Gasteiger partial charge in [-0.2, -0.15) is 0 Å². The van der Waals surface area contributed by atoms with Gasteiger partial charge in [0.1, 0.15) is 5.75 Å². The topological polar surface area (TPSA) is 52.5 Å². The number of aromatic hydroxyl groups is 1. The summed E-state index contributed by atoms with van der Waals surface area (Å²) < 4.78 is 0. The van der Waals surface area contributed by atoms with Crippen LogP contribution in [0.2, 0.25) is 5.02 Å². The third kappa shape index (κ3) is 2.22. The summed E-state index contributed by atoms with van der Waals surface area (Å²) in [4.78, 5) is 0. The van der Waals surface area contributed by atoms with Gasteiger partial charge >= 0.3 is 0 Å². The Morgan fingerprint density at radius 3 is 2.50 bits per heavy atom. The molecule has 0 heterocycles. The normalized spacial score (nSPS) is 16.4. The highest BCUT2D eigenvalue weighted by atomic mass is 35.5. The van der Waals surface area contributed by atoms with E-state index < -0.39 is 6.10 Å². The molecule has 1 aromatic rings. The largest absolute Gasteiger partial charge is 0.506 e. The first-order valence-corrected chi connectivity index (χ1v) is 6.81. The van der Waals surface area contributed by atoms with Crippen molar-refractivity contribution in [1.82, 2.24) is 5.32 Å². The van der Waals surface area contributed by atoms with Crippen molar-refractivity contribution in [3.63, 3.8) is 0 Å². The zero-order valence-electron chi connectivity index (χ0n) is 10.9. The Morgan fingerprint density at radius 2 is 1.89 bits per heavy atom. The Labute approximate surface area is 113 Å². The smallest absolute Gasteiger partial charge is 0.140 e. The van der Waals surface area contributed by atoms with Crippen LogP contribution in [0.4, 0.5) is 0 Å². The first-order chi connectivity index (χ1) is 8.57. The van der Waals surface area contributed by atoms with E-state index in [-0.39, 0.29) is 5.75 Å². The third-order valence-electron chi connectivity index (χ3n) is 3.78. The standard InChI is InChI=1S/C14H20ClNO2/c1-8-9-5-3-4-6-10(9)13(15)14(18)12(8)11(17)7-16-2/h11,16-18H,3-7H2,1-2H3. The van der Waals surface area contributed by atoms with E-state index in [0.29, 0.717) is 17.1 Å². The number of aliphatic hydroxyl groups is 1. The van der Waals surface area contributed by atoms with Gasteiger partial charge in [0.25, 0.3) is 0 Å². The molecular weight excluding hydrogens is 250 g/mol. The van der Waals surface area contributed by atoms with Crippen LogP contribution in [-0.2, 0) is 12.8 Å². The van der Waals surface area contributed by atoms with Crippen molar-refractivity contribution in [3.8, 4) is 5.75 Å². The Kier molecular flexibility index (Phi) is 4.15. The van der Waals surface area contributed by atoms with E-state index in [4.69, 9.17) is 11.6 Å². The Balaban J connectivity index is 2.56. The molecule has 4 heteroatoms. The van der Waals surface area contributed by atoms with Crippen molar-refractivity contribution in [1.29, 1.82) is 0 Å². The van der Waals surface area contributed by atoms with Crippen molar-refractivity contribution in [2.24, 2.45) is 0 Å². The SMILES string of the molecule is CNCC(O)c1c(C)c2c(c(Cl)c1O)CCCC2. The molecule has 1 aromatic carbocycles. The highest BCUT2D eigenvalue weighted by Gasteiger charge is 2.25. The predicted octanol–water partition coefficient (Wildman–Crippen LogP) is 2.49. The van der Waals surface area contributed by atoms with Crippen molar-refractivity contribution in [2.75, 3.05) is 13.6 Å². The molecule has 0 spiro atoms. The first kappa shape index (κ1) is 13.7. The number of phenols is 1. The maximum atomic E-state index is 10.2. The van der Waals surface area contributed by atoms with Crippen LogP contribution in [0.25, 0.3) is 0 Å². The monoisotopic (exact) mass is 269 g/mol. The van der Waals surface area contributed by atoms with Crippen LogP contribution in [-0.4, -0.2) is 23.8 Å². The van der Waals surface area contributed by atoms with Crippen LogP contribution in [0.15, 0.2) is 0 Å². The molecule has 1 aliphatic carbocycles. The zero-order valence-corrected chi connectivity index (χ0v) is 11.6. The fourth-order valence-electron chi connectivity index (χ4n) is 2.87. The lowest BCUT2D eigenvalue weighted by molar-refractivity contribution is 0.173. The van der Waals surface area contributed by atoms with E-state index in [2.05, 4.69) is 5.32 Å². The van der Waals surface area contributed by atoms with E-state index in [1.54, 1.807) is 7.05 Å². The molecule has 18 heavy (non-hydrogen) atoms. The van der Waals surface area contributed by atoms with Gasteiger partial charge in [-0.3, -0.25) is 0 Å². The number of rotatable bonds is 3. The molecule has 1 unspecified atom stereocenters. The zero-order chi connectivity index (χ0) is 13.3. The average Bonchev–Trinajstić information content (AvgIpc) is 2.37. The number of aliphatic hydroxyl groups excluding tert-OH is 1. The molecule has 2 rings (SSSR count). The van der Waals surface area contributed by atoms with Crippen LogP contribution in [0.3, 0.4) is 0 Å². The van der Waals surface area contributed by atoms with Crippen LogP contribution >= 0.6 is 11.6 Å². The summed E-state index contributed by atoms with van der Waals surface area (Å²) in [5.41, 5.74) is 3.86. The van der Waals surface area contributed by atoms with Gasteiger partial charge < -0.3 is 15.5 Å². The van der Waals surface area contributed by atoms with Gasteiger partial charge in [-0.05, 0) is 56.3 Å². The molecule has 1 atom stereocenters. The lowest BCUT2D eigenvalue weighted by Gasteiger charge is -2.25. The van der Waals surface area contributed by atoms with E-state index >= 15 is 0 Å². The molecule has 0 bridgehead atoms. The first-order valence-electron chi connectivity index (χ1n) is 6.43. The number of hydrogen-bond acceptors (Lipinski definition) is 3. The molecule has 0 saturated carbocycles. The molecule has 0 saturated heterocycles. The Morgan fingerprint density at radius 1 is 1.28 bits per heavy atom. The number of hydrogen-bond donors (Lipinski definition) is 3. The molecule has 0 amide bonds. The Bertz CT molecular complexity index is 460. The molecule has 0 radical (unpaired) electrons. The molecule has 100 valence electrons. The predicted molar refractivity (Wildman–Crippen MR) is 73.4 cm³/mol. The van der Waals surface area contributed by atoms with E-state index in [1.807, 2.05) is 6.92 Å². The highest BCUT2D eigenvalue weighted by molar-refractivity contribution is 6.33. The summed E-state index contributed by atoms with van der Waals surface area (Å²) in [7, 11) is 1.77. The van der Waals surface area contributed by atoms with Gasteiger partial charge in [-0.15, -0.1) is 0 Å². The fraction of sp³-hybridized carbons (Fsp3) is 0.571. The van der Waals surface area contributed by atoms with Crippen molar-refractivity contribution in [2.45, 2.75) is 38.7 Å². The maximum absolute atomic E-state index is 10.2. The van der Waals surface area contributed by atoms with Crippen LogP contribution in [0.5, 0.6) is 5.75 Å². The summed E-state index contributed by atoms with van der Waals surface area (Å²) >= 11 is 6.25. The number of phenolic OH excluding ortho intramolecular Hbond substituents is 1. The second kappa shape index (κ2) is 5.47. The molecule has 0 aromatic heterocycles. The number of benzene rings is 1. The third-order valence-corrected chi connectivity index (χ3v) is 4.19. The molecular formula is C14H20ClNO2. The molecule has 3 N–H and O–H groups in total. The number of fused-ring (bicyclic) bond motifs is 1. The fourth-order valence-corrected chi connectivity index (χ4v) is 3.18. The van der Waals surface area contributed by atoms with E-state index in [1.165, 1.54) is 5.56 Å². The summed E-state index contributed by atoms with van der Waals surface area (Å²) in [6.07, 6.45) is 3.45. The minimum absolute atomic E-state index is 0.0533. The number of likely N-dealkylation sites (N-methyl/N-ethyl adjacent to an activating group) is 1. The minimum Gasteiger partial charge on any atom is -0.506 e. The van der Waals surface area contributed by atoms with E-state index in [9.17, 15) is 10.2 Å². The Hall–Kier alpha value is -0.770. The summed E-state index contributed by atoms with van der Waals surface area (Å²) in [5, 5.41) is 23.7. The lowest BCUT2D eigenvalue weighted by Crippen LogP contribution is -2.19. The average molecular weight is 270 g/mol. The molecule has 1 aliphatic rings. The quantitative estimate of drug-likeness (QED) is 0.790. The molecule has 3 nitrogen and oxygen atoms in total. The van der Waals surface area contributed by atoms with E-state index in [0.717, 1.165) is 36.8 Å². The van der Waals surface area contributed by atoms with Crippen molar-refractivity contribution >= 4 is 11.6 Å². The second-order valence-corrected chi connectivity index (χ2v) is 5.32. The summed E-state index contributed by atoms with van der Waals surface area (Å²) in [5.74, 6) is 0.0533. The molecule has 0 aliphatic heterocycles. The van der Waals surface area contributed by atoms with Gasteiger partial charge in [0.15, 0.2) is 0 Å². The van der Waals surface area contributed by atoms with Crippen LogP contribution in [0, 0.1) is 6.92 Å². The second-order valence-electron chi connectivity index (χ2n) is 4.94. The number of nitrogens with one attached hydrogen (secondary N) is 1. The minimum atomic E-state index is -0.722. The lowest BCUT2D eigenvalue weighted by atomic mass is 9.84. The van der Waals surface area contributed by atoms with Gasteiger partial charge in [0, 0.05) is 12.1 Å². The summed E-state index contributed by atoms with van der Waals surface area (Å²) in [6, 6.07) is 0. The maximum Gasteiger partial charge on any atom is 0.140 e. The van der Waals surface area contributed by atoms with Crippen LogP contribution in [0.1, 0.15) is 41.2 Å². The van der Waals surface area contributed by atoms with Gasteiger partial charge in [-0.1, -0.05) is 11.6 Å². The van der Waals surface area contributed by atoms with Crippen LogP contribution < -0.4 is 5.32 Å². The van der Waals surface area contributed by atoms with Crippen molar-refractivity contribution < 1.29 is 10.2 Å².